The second-order valence-corrected chi connectivity index (χ2v) is 10.1. The summed E-state index contributed by atoms with van der Waals surface area (Å²) in [6.07, 6.45) is 9.94. The molecule has 0 spiro atoms. The average Bonchev–Trinajstić information content (AvgIpc) is 2.36. The third-order valence-electron chi connectivity index (χ3n) is 3.51. The minimum atomic E-state index is 0. The molecule has 0 aromatic carbocycles. The number of hydrogen-bond acceptors (Lipinski definition) is 0. The van der Waals surface area contributed by atoms with Gasteiger partial charge in [0.25, 0.3) is 0 Å². The molecule has 0 heterocycles. The van der Waals surface area contributed by atoms with Crippen molar-refractivity contribution >= 4 is 18.0 Å². The third kappa shape index (κ3) is 27.8. The molecule has 0 rings (SSSR count). The Kier molecular flexibility index (Phi) is 37.6. The van der Waals surface area contributed by atoms with Gasteiger partial charge in [-0.25, -0.2) is 0 Å². The number of rotatable bonds is 10. The molecular formula is C17H41PScSi-. The molecule has 0 bridgehead atoms. The van der Waals surface area contributed by atoms with E-state index in [4.69, 9.17) is 0 Å². The van der Waals surface area contributed by atoms with Crippen molar-refractivity contribution in [2.75, 3.05) is 0 Å². The van der Waals surface area contributed by atoms with E-state index >= 15 is 0 Å². The molecule has 0 aliphatic rings. The standard InChI is InChI=1S/C10H23P.C6H15Si.CH3.Sc/c1-3-4-5-6-7-8-9-10(2)11;1-4-7(5-2)6-3;;/h10H,3-9,11H2,1-2H3;4-6H2,1-3H3;1H3;/q;;-1;. The van der Waals surface area contributed by atoms with Crippen LogP contribution in [0.3, 0.4) is 0 Å². The van der Waals surface area contributed by atoms with Gasteiger partial charge in [0.1, 0.15) is 0 Å². The Bertz CT molecular complexity index is 133. The summed E-state index contributed by atoms with van der Waals surface area (Å²) in [6, 6.07) is 4.37. The molecule has 20 heavy (non-hydrogen) atoms. The van der Waals surface area contributed by atoms with Crippen LogP contribution in [-0.2, 0) is 25.8 Å². The molecule has 0 saturated carbocycles. The zero-order valence-electron chi connectivity index (χ0n) is 15.3. The van der Waals surface area contributed by atoms with Crippen molar-refractivity contribution in [3.63, 3.8) is 0 Å². The van der Waals surface area contributed by atoms with Crippen molar-refractivity contribution < 1.29 is 25.8 Å². The fraction of sp³-hybridized carbons (Fsp3) is 0.941. The van der Waals surface area contributed by atoms with Crippen LogP contribution >= 0.6 is 9.24 Å². The first-order valence-electron chi connectivity index (χ1n) is 8.21. The van der Waals surface area contributed by atoms with Gasteiger partial charge in [0, 0.05) is 34.6 Å². The Morgan fingerprint density at radius 1 is 0.800 bits per heavy atom. The molecule has 0 N–H and O–H groups in total. The molecule has 0 nitrogen and oxygen atoms in total. The molecule has 0 saturated heterocycles. The van der Waals surface area contributed by atoms with E-state index < -0.39 is 0 Å². The van der Waals surface area contributed by atoms with Crippen molar-refractivity contribution in [3.05, 3.63) is 7.43 Å². The fourth-order valence-corrected chi connectivity index (χ4v) is 3.73. The van der Waals surface area contributed by atoms with E-state index in [0.717, 1.165) is 5.66 Å². The SMILES string of the molecule is CCCCCCCCC(C)P.CC[Si](CC)CC.[CH3-].[Sc]. The van der Waals surface area contributed by atoms with Crippen molar-refractivity contribution in [2.45, 2.75) is 103 Å². The van der Waals surface area contributed by atoms with Crippen LogP contribution in [0.5, 0.6) is 0 Å². The molecule has 3 heteroatoms. The van der Waals surface area contributed by atoms with E-state index in [2.05, 4.69) is 43.9 Å². The summed E-state index contributed by atoms with van der Waals surface area (Å²) in [4.78, 5) is 0. The zero-order chi connectivity index (χ0) is 14.2. The topological polar surface area (TPSA) is 0 Å². The van der Waals surface area contributed by atoms with Crippen molar-refractivity contribution in [1.29, 1.82) is 0 Å². The molecule has 2 unspecified atom stereocenters. The first kappa shape index (κ1) is 29.5. The van der Waals surface area contributed by atoms with Crippen LogP contribution < -0.4 is 0 Å². The quantitative estimate of drug-likeness (QED) is 0.172. The number of unbranched alkanes of at least 4 members (excludes halogenated alkanes) is 5. The summed E-state index contributed by atoms with van der Waals surface area (Å²) in [5.74, 6) is 0. The molecule has 0 aliphatic carbocycles. The summed E-state index contributed by atoms with van der Waals surface area (Å²) < 4.78 is 0. The van der Waals surface area contributed by atoms with Crippen LogP contribution in [0.15, 0.2) is 0 Å². The molecule has 122 valence electrons. The zero-order valence-corrected chi connectivity index (χ0v) is 19.3. The van der Waals surface area contributed by atoms with Gasteiger partial charge in [-0.1, -0.05) is 91.3 Å². The maximum atomic E-state index is 2.87. The molecule has 2 radical (unpaired) electrons. The molecule has 0 amide bonds. The largest absolute Gasteiger partial charge is 0.358 e. The van der Waals surface area contributed by atoms with Crippen molar-refractivity contribution in [2.24, 2.45) is 0 Å². The van der Waals surface area contributed by atoms with Crippen LogP contribution in [0.25, 0.3) is 0 Å². The van der Waals surface area contributed by atoms with Gasteiger partial charge < -0.3 is 7.43 Å². The van der Waals surface area contributed by atoms with Crippen LogP contribution in [0.4, 0.5) is 0 Å². The van der Waals surface area contributed by atoms with Gasteiger partial charge in [-0.3, -0.25) is 0 Å². The van der Waals surface area contributed by atoms with E-state index in [9.17, 15) is 0 Å². The van der Waals surface area contributed by atoms with E-state index in [-0.39, 0.29) is 42.1 Å². The monoisotopic (exact) mass is 349 g/mol. The normalized spacial score (nSPS) is 10.9. The third-order valence-corrected chi connectivity index (χ3v) is 6.85. The van der Waals surface area contributed by atoms with E-state index in [1.165, 1.54) is 63.1 Å². The van der Waals surface area contributed by atoms with Crippen LogP contribution in [0.1, 0.15) is 79.6 Å². The first-order valence-corrected chi connectivity index (χ1v) is 11.0. The maximum Gasteiger partial charge on any atom is 0.0470 e. The average molecular weight is 350 g/mol. The van der Waals surface area contributed by atoms with Gasteiger partial charge in [0.05, 0.1) is 0 Å². The molecular weight excluding hydrogens is 308 g/mol. The fourth-order valence-electron chi connectivity index (χ4n) is 2.00. The summed E-state index contributed by atoms with van der Waals surface area (Å²) in [5, 5.41) is 0. The number of hydrogen-bond donors (Lipinski definition) is 0. The summed E-state index contributed by atoms with van der Waals surface area (Å²) in [6.45, 7) is 11.5. The van der Waals surface area contributed by atoms with Crippen molar-refractivity contribution in [3.8, 4) is 0 Å². The molecule has 0 fully saturated rings. The summed E-state index contributed by atoms with van der Waals surface area (Å²) in [5.41, 5.74) is 0.821. The van der Waals surface area contributed by atoms with Gasteiger partial charge >= 0.3 is 0 Å². The Morgan fingerprint density at radius 3 is 1.50 bits per heavy atom. The van der Waals surface area contributed by atoms with E-state index in [1.54, 1.807) is 0 Å². The van der Waals surface area contributed by atoms with Crippen LogP contribution in [-0.4, -0.2) is 14.5 Å². The Morgan fingerprint density at radius 2 is 1.20 bits per heavy atom. The Balaban J connectivity index is -0.000000126. The summed E-state index contributed by atoms with van der Waals surface area (Å²) in [7, 11) is 3.00. The second-order valence-electron chi connectivity index (χ2n) is 5.34. The van der Waals surface area contributed by atoms with Gasteiger partial charge in [0.15, 0.2) is 0 Å². The molecule has 0 aromatic rings. The van der Waals surface area contributed by atoms with Gasteiger partial charge in [-0.05, 0) is 12.1 Å². The second kappa shape index (κ2) is 25.5. The minimum absolute atomic E-state index is 0. The van der Waals surface area contributed by atoms with Crippen molar-refractivity contribution in [1.82, 2.24) is 0 Å². The van der Waals surface area contributed by atoms with Crippen LogP contribution in [0, 0.1) is 7.43 Å². The molecule has 2 atom stereocenters. The first-order chi connectivity index (χ1) is 8.62. The predicted octanol–water partition coefficient (Wildman–Crippen LogP) is 6.99. The maximum absolute atomic E-state index is 2.87. The Hall–Kier alpha value is 1.52. The van der Waals surface area contributed by atoms with E-state index in [1.807, 2.05) is 0 Å². The minimum Gasteiger partial charge on any atom is -0.358 e. The van der Waals surface area contributed by atoms with Gasteiger partial charge in [-0.2, -0.15) is 0 Å². The molecule has 0 aromatic heterocycles. The van der Waals surface area contributed by atoms with Crippen LogP contribution in [0.2, 0.25) is 18.1 Å². The predicted molar refractivity (Wildman–Crippen MR) is 101 cm³/mol. The van der Waals surface area contributed by atoms with Gasteiger partial charge in [0.2, 0.25) is 0 Å². The van der Waals surface area contributed by atoms with E-state index in [0.29, 0.717) is 0 Å². The smallest absolute Gasteiger partial charge is 0.0470 e. The van der Waals surface area contributed by atoms with Gasteiger partial charge in [-0.15, -0.1) is 9.24 Å². The summed E-state index contributed by atoms with van der Waals surface area (Å²) >= 11 is 0. The molecule has 0 aliphatic heterocycles. The Labute approximate surface area is 154 Å².